The SMILES string of the molecule is COc1ccc(Oc2ccc(/C=C\C(=O)OCCc3ccccc3)cc2Oc2ccccc2)cc1. The van der Waals surface area contributed by atoms with Crippen molar-refractivity contribution in [2.24, 2.45) is 0 Å². The van der Waals surface area contributed by atoms with Crippen LogP contribution in [0.1, 0.15) is 11.1 Å². The Labute approximate surface area is 205 Å². The number of methoxy groups -OCH3 is 1. The van der Waals surface area contributed by atoms with E-state index in [9.17, 15) is 4.79 Å². The molecule has 0 radical (unpaired) electrons. The van der Waals surface area contributed by atoms with Gasteiger partial charge in [0.15, 0.2) is 11.5 Å². The summed E-state index contributed by atoms with van der Waals surface area (Å²) >= 11 is 0. The molecule has 5 heteroatoms. The Bertz CT molecular complexity index is 1250. The van der Waals surface area contributed by atoms with Crippen LogP contribution < -0.4 is 14.2 Å². The van der Waals surface area contributed by atoms with Crippen molar-refractivity contribution in [1.82, 2.24) is 0 Å². The van der Waals surface area contributed by atoms with E-state index in [-0.39, 0.29) is 0 Å². The minimum atomic E-state index is -0.398. The Morgan fingerprint density at radius 2 is 1.34 bits per heavy atom. The zero-order chi connectivity index (χ0) is 24.3. The summed E-state index contributed by atoms with van der Waals surface area (Å²) < 4.78 is 22.7. The van der Waals surface area contributed by atoms with Crippen LogP contribution in [-0.2, 0) is 16.0 Å². The first-order valence-electron chi connectivity index (χ1n) is 11.3. The van der Waals surface area contributed by atoms with E-state index in [2.05, 4.69) is 0 Å². The molecule has 35 heavy (non-hydrogen) atoms. The lowest BCUT2D eigenvalue weighted by Crippen LogP contribution is -2.04. The molecule has 0 fully saturated rings. The summed E-state index contributed by atoms with van der Waals surface area (Å²) in [7, 11) is 1.62. The second kappa shape index (κ2) is 12.1. The molecule has 176 valence electrons. The second-order valence-electron chi connectivity index (χ2n) is 7.64. The van der Waals surface area contributed by atoms with E-state index in [0.717, 1.165) is 16.9 Å². The molecular weight excluding hydrogens is 440 g/mol. The third kappa shape index (κ3) is 7.24. The molecule has 0 aliphatic rings. The molecule has 0 heterocycles. The molecule has 0 spiro atoms. The van der Waals surface area contributed by atoms with E-state index >= 15 is 0 Å². The molecule has 0 aromatic heterocycles. The molecule has 0 atom stereocenters. The molecule has 0 unspecified atom stereocenters. The van der Waals surface area contributed by atoms with Crippen LogP contribution in [0.3, 0.4) is 0 Å². The molecule has 0 aliphatic carbocycles. The molecule has 4 aromatic rings. The summed E-state index contributed by atoms with van der Waals surface area (Å²) in [4.78, 5) is 12.2. The fraction of sp³-hybridized carbons (Fsp3) is 0.100. The Kier molecular flexibility index (Phi) is 8.17. The Hall–Kier alpha value is -4.51. The zero-order valence-corrected chi connectivity index (χ0v) is 19.4. The van der Waals surface area contributed by atoms with Gasteiger partial charge in [0.25, 0.3) is 0 Å². The zero-order valence-electron chi connectivity index (χ0n) is 19.4. The first-order chi connectivity index (χ1) is 17.2. The predicted octanol–water partition coefficient (Wildman–Crippen LogP) is 7.08. The highest BCUT2D eigenvalue weighted by Gasteiger charge is 2.10. The number of esters is 1. The number of hydrogen-bond donors (Lipinski definition) is 0. The van der Waals surface area contributed by atoms with Gasteiger partial charge in [-0.2, -0.15) is 0 Å². The van der Waals surface area contributed by atoms with E-state index < -0.39 is 5.97 Å². The average molecular weight is 467 g/mol. The van der Waals surface area contributed by atoms with Gasteiger partial charge in [-0.1, -0.05) is 54.6 Å². The normalized spacial score (nSPS) is 10.7. The minimum Gasteiger partial charge on any atom is -0.497 e. The summed E-state index contributed by atoms with van der Waals surface area (Å²) in [6, 6.07) is 32.1. The maximum absolute atomic E-state index is 12.2. The average Bonchev–Trinajstić information content (AvgIpc) is 2.90. The van der Waals surface area contributed by atoms with Gasteiger partial charge in [-0.25, -0.2) is 4.79 Å². The highest BCUT2D eigenvalue weighted by atomic mass is 16.5. The van der Waals surface area contributed by atoms with Crippen molar-refractivity contribution >= 4 is 12.0 Å². The third-order valence-corrected chi connectivity index (χ3v) is 5.12. The number of benzene rings is 4. The van der Waals surface area contributed by atoms with Crippen molar-refractivity contribution in [1.29, 1.82) is 0 Å². The smallest absolute Gasteiger partial charge is 0.330 e. The van der Waals surface area contributed by atoms with E-state index in [0.29, 0.717) is 36.0 Å². The second-order valence-corrected chi connectivity index (χ2v) is 7.64. The molecule has 0 amide bonds. The molecular formula is C30H26O5. The number of rotatable bonds is 10. The van der Waals surface area contributed by atoms with E-state index in [1.165, 1.54) is 6.08 Å². The highest BCUT2D eigenvalue weighted by molar-refractivity contribution is 5.87. The standard InChI is InChI=1S/C30H26O5/c1-32-25-14-16-27(17-15-25)34-28-18-12-24(22-29(28)35-26-10-6-3-7-11-26)13-19-30(31)33-21-20-23-8-4-2-5-9-23/h2-19,22H,20-21H2,1H3/b19-13-. The van der Waals surface area contributed by atoms with Crippen LogP contribution in [0.4, 0.5) is 0 Å². The number of carbonyl (C=O) groups is 1. The van der Waals surface area contributed by atoms with Gasteiger partial charge in [0, 0.05) is 12.5 Å². The Morgan fingerprint density at radius 1 is 0.714 bits per heavy atom. The van der Waals surface area contributed by atoms with Gasteiger partial charge in [-0.15, -0.1) is 0 Å². The highest BCUT2D eigenvalue weighted by Crippen LogP contribution is 2.36. The van der Waals surface area contributed by atoms with Crippen LogP contribution in [-0.4, -0.2) is 19.7 Å². The fourth-order valence-electron chi connectivity index (χ4n) is 3.31. The first-order valence-corrected chi connectivity index (χ1v) is 11.3. The predicted molar refractivity (Wildman–Crippen MR) is 136 cm³/mol. The molecule has 0 aliphatic heterocycles. The monoisotopic (exact) mass is 466 g/mol. The van der Waals surface area contributed by atoms with E-state index in [1.807, 2.05) is 103 Å². The maximum atomic E-state index is 12.2. The minimum absolute atomic E-state index is 0.324. The van der Waals surface area contributed by atoms with Gasteiger partial charge in [-0.3, -0.25) is 0 Å². The summed E-state index contributed by atoms with van der Waals surface area (Å²) in [6.07, 6.45) is 3.78. The molecule has 4 rings (SSSR count). The van der Waals surface area contributed by atoms with Crippen LogP contribution in [0.25, 0.3) is 6.08 Å². The van der Waals surface area contributed by atoms with Crippen molar-refractivity contribution < 1.29 is 23.7 Å². The van der Waals surface area contributed by atoms with Crippen molar-refractivity contribution in [2.75, 3.05) is 13.7 Å². The van der Waals surface area contributed by atoms with Gasteiger partial charge in [0.1, 0.15) is 17.2 Å². The Morgan fingerprint density at radius 3 is 2.06 bits per heavy atom. The molecule has 5 nitrogen and oxygen atoms in total. The lowest BCUT2D eigenvalue weighted by Gasteiger charge is -2.13. The third-order valence-electron chi connectivity index (χ3n) is 5.12. The van der Waals surface area contributed by atoms with Gasteiger partial charge < -0.3 is 18.9 Å². The fourth-order valence-corrected chi connectivity index (χ4v) is 3.31. The van der Waals surface area contributed by atoms with Gasteiger partial charge >= 0.3 is 5.97 Å². The summed E-state index contributed by atoms with van der Waals surface area (Å²) in [5.74, 6) is 2.73. The van der Waals surface area contributed by atoms with Gasteiger partial charge in [0.2, 0.25) is 0 Å². The van der Waals surface area contributed by atoms with Crippen LogP contribution in [0.15, 0.2) is 109 Å². The van der Waals surface area contributed by atoms with Crippen LogP contribution in [0, 0.1) is 0 Å². The summed E-state index contributed by atoms with van der Waals surface area (Å²) in [6.45, 7) is 0.324. The van der Waals surface area contributed by atoms with Crippen molar-refractivity contribution in [3.63, 3.8) is 0 Å². The van der Waals surface area contributed by atoms with Crippen LogP contribution >= 0.6 is 0 Å². The Balaban J connectivity index is 1.45. The van der Waals surface area contributed by atoms with Crippen molar-refractivity contribution in [2.45, 2.75) is 6.42 Å². The number of hydrogen-bond acceptors (Lipinski definition) is 5. The first kappa shape index (κ1) is 23.6. The van der Waals surface area contributed by atoms with Gasteiger partial charge in [-0.05, 0) is 65.7 Å². The van der Waals surface area contributed by atoms with Crippen molar-refractivity contribution in [3.8, 4) is 28.7 Å². The topological polar surface area (TPSA) is 54.0 Å². The van der Waals surface area contributed by atoms with Gasteiger partial charge in [0.05, 0.1) is 13.7 Å². The largest absolute Gasteiger partial charge is 0.497 e. The van der Waals surface area contributed by atoms with Crippen LogP contribution in [0.2, 0.25) is 0 Å². The molecule has 0 saturated heterocycles. The molecule has 4 aromatic carbocycles. The van der Waals surface area contributed by atoms with Crippen molar-refractivity contribution in [3.05, 3.63) is 120 Å². The summed E-state index contributed by atoms with van der Waals surface area (Å²) in [5, 5.41) is 0. The number of ether oxygens (including phenoxy) is 4. The number of carbonyl (C=O) groups excluding carboxylic acids is 1. The van der Waals surface area contributed by atoms with Crippen LogP contribution in [0.5, 0.6) is 28.7 Å². The lowest BCUT2D eigenvalue weighted by atomic mass is 10.2. The number of para-hydroxylation sites is 1. The quantitative estimate of drug-likeness (QED) is 0.185. The summed E-state index contributed by atoms with van der Waals surface area (Å²) in [5.41, 5.74) is 1.90. The molecule has 0 saturated carbocycles. The maximum Gasteiger partial charge on any atom is 0.330 e. The van der Waals surface area contributed by atoms with E-state index in [1.54, 1.807) is 13.2 Å². The van der Waals surface area contributed by atoms with E-state index in [4.69, 9.17) is 18.9 Å². The molecule has 0 bridgehead atoms. The lowest BCUT2D eigenvalue weighted by molar-refractivity contribution is -0.137. The molecule has 0 N–H and O–H groups in total.